The summed E-state index contributed by atoms with van der Waals surface area (Å²) < 4.78 is 44.5. The van der Waals surface area contributed by atoms with Gasteiger partial charge in [0.1, 0.15) is 5.75 Å². The highest BCUT2D eigenvalue weighted by Crippen LogP contribution is 2.32. The molecule has 0 unspecified atom stereocenters. The molecule has 1 fully saturated rings. The van der Waals surface area contributed by atoms with Crippen molar-refractivity contribution in [3.8, 4) is 16.9 Å². The van der Waals surface area contributed by atoms with Crippen molar-refractivity contribution < 1.29 is 22.7 Å². The number of alkyl halides is 3. The number of rotatable bonds is 3. The molecule has 0 bridgehead atoms. The smallest absolute Gasteiger partial charge is 0.405 e. The molecule has 2 heterocycles. The first-order valence-corrected chi connectivity index (χ1v) is 9.10. The summed E-state index contributed by atoms with van der Waals surface area (Å²) in [5.41, 5.74) is 1.09. The maximum absolute atomic E-state index is 13.0. The van der Waals surface area contributed by atoms with Crippen molar-refractivity contribution in [2.24, 2.45) is 7.05 Å². The number of carbonyl (C=O) groups excluding carboxylic acids is 1. The summed E-state index contributed by atoms with van der Waals surface area (Å²) >= 11 is 0. The molecule has 1 amide bonds. The van der Waals surface area contributed by atoms with Crippen LogP contribution in [0.15, 0.2) is 35.3 Å². The van der Waals surface area contributed by atoms with Gasteiger partial charge in [-0.25, -0.2) is 0 Å². The first-order chi connectivity index (χ1) is 13.5. The Kier molecular flexibility index (Phi) is 5.70. The molecule has 1 saturated heterocycles. The topological polar surface area (TPSA) is 54.8 Å². The quantitative estimate of drug-likeness (QED) is 0.782. The van der Waals surface area contributed by atoms with Gasteiger partial charge in [0.05, 0.1) is 5.56 Å². The molecule has 1 aromatic carbocycles. The summed E-state index contributed by atoms with van der Waals surface area (Å²) in [5.74, 6) is -1.05. The van der Waals surface area contributed by atoms with Crippen LogP contribution in [0.25, 0.3) is 11.1 Å². The monoisotopic (exact) mass is 409 g/mol. The van der Waals surface area contributed by atoms with Gasteiger partial charge in [-0.2, -0.15) is 0 Å². The highest BCUT2D eigenvalue weighted by molar-refractivity contribution is 5.97. The van der Waals surface area contributed by atoms with E-state index < -0.39 is 18.0 Å². The fraction of sp³-hybridized carbons (Fsp3) is 0.400. The van der Waals surface area contributed by atoms with E-state index in [2.05, 4.69) is 4.74 Å². The molecule has 1 aromatic heterocycles. The van der Waals surface area contributed by atoms with Crippen LogP contribution < -0.4 is 10.3 Å². The summed E-state index contributed by atoms with van der Waals surface area (Å²) in [6.45, 7) is 3.79. The van der Waals surface area contributed by atoms with Crippen molar-refractivity contribution in [3.63, 3.8) is 0 Å². The molecule has 29 heavy (non-hydrogen) atoms. The van der Waals surface area contributed by atoms with Gasteiger partial charge in [0.2, 0.25) is 0 Å². The van der Waals surface area contributed by atoms with Gasteiger partial charge in [0, 0.05) is 45.0 Å². The second-order valence-corrected chi connectivity index (χ2v) is 7.18. The van der Waals surface area contributed by atoms with Crippen LogP contribution in [0, 0.1) is 6.92 Å². The SMILES string of the molecule is Cc1cc(-c2ccc(C(=O)N3CCN(C)CC3)c(OC(F)(F)F)c2)cn(C)c1=O. The molecule has 1 aliphatic heterocycles. The molecule has 9 heteroatoms. The molecule has 0 spiro atoms. The van der Waals surface area contributed by atoms with E-state index in [0.717, 1.165) is 0 Å². The van der Waals surface area contributed by atoms with E-state index >= 15 is 0 Å². The standard InChI is InChI=1S/C20H22F3N3O3/c1-13-10-15(12-25(3)18(13)27)14-4-5-16(17(11-14)29-20(21,22)23)19(28)26-8-6-24(2)7-9-26/h4-5,10-12H,6-9H2,1-3H3. The lowest BCUT2D eigenvalue weighted by molar-refractivity contribution is -0.274. The number of amides is 1. The second kappa shape index (κ2) is 7.90. The number of hydrogen-bond donors (Lipinski definition) is 0. The number of nitrogens with zero attached hydrogens (tertiary/aromatic N) is 3. The first kappa shape index (κ1) is 20.9. The van der Waals surface area contributed by atoms with Gasteiger partial charge in [-0.15, -0.1) is 13.2 Å². The Hall–Kier alpha value is -2.81. The minimum absolute atomic E-state index is 0.142. The Morgan fingerprint density at radius 1 is 1.03 bits per heavy atom. The highest BCUT2D eigenvalue weighted by Gasteiger charge is 2.34. The zero-order valence-corrected chi connectivity index (χ0v) is 16.4. The second-order valence-electron chi connectivity index (χ2n) is 7.18. The zero-order chi connectivity index (χ0) is 21.3. The average molecular weight is 409 g/mol. The molecule has 0 N–H and O–H groups in total. The number of piperazine rings is 1. The van der Waals surface area contributed by atoms with E-state index in [1.54, 1.807) is 26.1 Å². The van der Waals surface area contributed by atoms with Crippen molar-refractivity contribution in [2.45, 2.75) is 13.3 Å². The predicted molar refractivity (Wildman–Crippen MR) is 102 cm³/mol. The predicted octanol–water partition coefficient (Wildman–Crippen LogP) is 2.65. The van der Waals surface area contributed by atoms with Crippen LogP contribution in [0.3, 0.4) is 0 Å². The number of carbonyl (C=O) groups is 1. The third-order valence-electron chi connectivity index (χ3n) is 4.92. The molecular weight excluding hydrogens is 387 g/mol. The number of aryl methyl sites for hydroxylation is 2. The van der Waals surface area contributed by atoms with E-state index in [-0.39, 0.29) is 11.1 Å². The Labute approximate surface area is 166 Å². The molecule has 0 aliphatic carbocycles. The lowest BCUT2D eigenvalue weighted by atomic mass is 10.0. The molecular formula is C20H22F3N3O3. The third-order valence-corrected chi connectivity index (χ3v) is 4.92. The minimum Gasteiger partial charge on any atom is -0.405 e. The van der Waals surface area contributed by atoms with Crippen LogP contribution >= 0.6 is 0 Å². The minimum atomic E-state index is -4.94. The normalized spacial score (nSPS) is 15.4. The molecule has 2 aromatic rings. The van der Waals surface area contributed by atoms with Crippen LogP contribution in [-0.2, 0) is 7.05 Å². The summed E-state index contributed by atoms with van der Waals surface area (Å²) in [6, 6.07) is 5.69. The fourth-order valence-electron chi connectivity index (χ4n) is 3.30. The van der Waals surface area contributed by atoms with Crippen LogP contribution in [0.1, 0.15) is 15.9 Å². The molecule has 0 atom stereocenters. The Morgan fingerprint density at radius 3 is 2.28 bits per heavy atom. The Morgan fingerprint density at radius 2 is 1.69 bits per heavy atom. The summed E-state index contributed by atoms with van der Waals surface area (Å²) in [7, 11) is 3.49. The van der Waals surface area contributed by atoms with Crippen molar-refractivity contribution in [1.82, 2.24) is 14.4 Å². The number of aromatic nitrogens is 1. The van der Waals surface area contributed by atoms with E-state index in [1.165, 1.54) is 27.8 Å². The number of benzene rings is 1. The van der Waals surface area contributed by atoms with E-state index in [1.807, 2.05) is 11.9 Å². The fourth-order valence-corrected chi connectivity index (χ4v) is 3.30. The number of hydrogen-bond acceptors (Lipinski definition) is 4. The van der Waals surface area contributed by atoms with Crippen LogP contribution in [-0.4, -0.2) is 59.9 Å². The van der Waals surface area contributed by atoms with E-state index in [9.17, 15) is 22.8 Å². The van der Waals surface area contributed by atoms with Crippen LogP contribution in [0.2, 0.25) is 0 Å². The average Bonchev–Trinajstić information content (AvgIpc) is 2.64. The molecule has 1 aliphatic rings. The third kappa shape index (κ3) is 4.79. The number of halogens is 3. The molecule has 6 nitrogen and oxygen atoms in total. The number of ether oxygens (including phenoxy) is 1. The van der Waals surface area contributed by atoms with Crippen molar-refractivity contribution in [2.75, 3.05) is 33.2 Å². The molecule has 0 saturated carbocycles. The summed E-state index contributed by atoms with van der Waals surface area (Å²) in [4.78, 5) is 28.3. The number of pyridine rings is 1. The van der Waals surface area contributed by atoms with Crippen LogP contribution in [0.5, 0.6) is 5.75 Å². The maximum Gasteiger partial charge on any atom is 0.573 e. The summed E-state index contributed by atoms with van der Waals surface area (Å²) in [5, 5.41) is 0. The molecule has 3 rings (SSSR count). The number of likely N-dealkylation sites (N-methyl/N-ethyl adjacent to an activating group) is 1. The zero-order valence-electron chi connectivity index (χ0n) is 16.4. The van der Waals surface area contributed by atoms with Crippen molar-refractivity contribution >= 4 is 5.91 Å². The molecule has 0 radical (unpaired) electrons. The lowest BCUT2D eigenvalue weighted by Crippen LogP contribution is -2.47. The van der Waals surface area contributed by atoms with Crippen molar-refractivity contribution in [3.05, 3.63) is 51.9 Å². The highest BCUT2D eigenvalue weighted by atomic mass is 19.4. The van der Waals surface area contributed by atoms with Gasteiger partial charge in [-0.3, -0.25) is 9.59 Å². The lowest BCUT2D eigenvalue weighted by Gasteiger charge is -2.32. The van der Waals surface area contributed by atoms with E-state index in [0.29, 0.717) is 42.9 Å². The van der Waals surface area contributed by atoms with Gasteiger partial charge in [0.25, 0.3) is 11.5 Å². The van der Waals surface area contributed by atoms with Gasteiger partial charge in [-0.05, 0) is 43.3 Å². The largest absolute Gasteiger partial charge is 0.573 e. The molecule has 156 valence electrons. The van der Waals surface area contributed by atoms with Gasteiger partial charge in [-0.1, -0.05) is 6.07 Å². The van der Waals surface area contributed by atoms with Gasteiger partial charge < -0.3 is 19.1 Å². The van der Waals surface area contributed by atoms with Gasteiger partial charge >= 0.3 is 6.36 Å². The van der Waals surface area contributed by atoms with E-state index in [4.69, 9.17) is 0 Å². The van der Waals surface area contributed by atoms with Gasteiger partial charge in [0.15, 0.2) is 0 Å². The Balaban J connectivity index is 2.01. The maximum atomic E-state index is 13.0. The van der Waals surface area contributed by atoms with Crippen LogP contribution in [0.4, 0.5) is 13.2 Å². The summed E-state index contributed by atoms with van der Waals surface area (Å²) in [6.07, 6.45) is -3.40. The Bertz CT molecular complexity index is 951. The first-order valence-electron chi connectivity index (χ1n) is 9.10. The van der Waals surface area contributed by atoms with Crippen molar-refractivity contribution in [1.29, 1.82) is 0 Å².